The third-order valence-electron chi connectivity index (χ3n) is 0.547. The lowest BCUT2D eigenvalue weighted by Crippen LogP contribution is -1.75. The Kier molecular flexibility index (Phi) is 0.932. The highest BCUT2D eigenvalue weighted by Gasteiger charge is 2.01. The van der Waals surface area contributed by atoms with Crippen molar-refractivity contribution in [3.8, 4) is 0 Å². The molecule has 5 heavy (non-hydrogen) atoms. The standard InChI is InChI=1S/C3H4ClP/c4-5-2-1-3-5/h1-2H,3H2. The Balaban J connectivity index is 2.39. The van der Waals surface area contributed by atoms with Crippen LogP contribution in [0.1, 0.15) is 0 Å². The molecule has 0 bridgehead atoms. The Morgan fingerprint density at radius 3 is 2.20 bits per heavy atom. The number of halogens is 1. The van der Waals surface area contributed by atoms with Gasteiger partial charge in [-0.25, -0.2) is 0 Å². The zero-order valence-electron chi connectivity index (χ0n) is 2.69. The maximum atomic E-state index is 5.53. The normalized spacial score (nSPS) is 33.4. The molecule has 1 heterocycles. The van der Waals surface area contributed by atoms with Crippen molar-refractivity contribution in [3.63, 3.8) is 0 Å². The van der Waals surface area contributed by atoms with Gasteiger partial charge in [-0.15, -0.1) is 0 Å². The fraction of sp³-hybridized carbons (Fsp3) is 0.333. The molecule has 0 spiro atoms. The summed E-state index contributed by atoms with van der Waals surface area (Å²) >= 11 is 5.53. The van der Waals surface area contributed by atoms with Gasteiger partial charge in [-0.05, 0) is 5.82 Å². The Morgan fingerprint density at radius 1 is 1.80 bits per heavy atom. The minimum Gasteiger partial charge on any atom is -0.0915 e. The van der Waals surface area contributed by atoms with E-state index >= 15 is 0 Å². The molecule has 0 fully saturated rings. The van der Waals surface area contributed by atoms with Crippen LogP contribution in [0.15, 0.2) is 11.9 Å². The van der Waals surface area contributed by atoms with E-state index in [1.165, 1.54) is 0 Å². The van der Waals surface area contributed by atoms with Crippen molar-refractivity contribution in [2.45, 2.75) is 0 Å². The van der Waals surface area contributed by atoms with Gasteiger partial charge in [-0.1, -0.05) is 17.3 Å². The molecule has 0 saturated heterocycles. The molecule has 0 radical (unpaired) electrons. The first kappa shape index (κ1) is 3.64. The van der Waals surface area contributed by atoms with Crippen molar-refractivity contribution < 1.29 is 0 Å². The van der Waals surface area contributed by atoms with Gasteiger partial charge in [0.15, 0.2) is 0 Å². The smallest absolute Gasteiger partial charge is 0.0174 e. The second-order valence-corrected chi connectivity index (χ2v) is 3.73. The van der Waals surface area contributed by atoms with Crippen molar-refractivity contribution >= 4 is 18.5 Å². The zero-order chi connectivity index (χ0) is 3.70. The second-order valence-electron chi connectivity index (χ2n) is 0.967. The van der Waals surface area contributed by atoms with Crippen LogP contribution in [0.5, 0.6) is 0 Å². The van der Waals surface area contributed by atoms with Crippen LogP contribution in [0.2, 0.25) is 0 Å². The van der Waals surface area contributed by atoms with Gasteiger partial charge in [-0.3, -0.25) is 0 Å². The Bertz CT molecular complexity index is 59.9. The second kappa shape index (κ2) is 1.28. The molecule has 1 unspecified atom stereocenters. The zero-order valence-corrected chi connectivity index (χ0v) is 4.34. The molecule has 0 aromatic heterocycles. The lowest BCUT2D eigenvalue weighted by Gasteiger charge is -2.05. The van der Waals surface area contributed by atoms with Crippen LogP contribution in [-0.2, 0) is 0 Å². The molecular formula is C3H4ClP. The van der Waals surface area contributed by atoms with Gasteiger partial charge >= 0.3 is 0 Å². The SMILES string of the molecule is ClP1C=CC1. The number of rotatable bonds is 0. The summed E-state index contributed by atoms with van der Waals surface area (Å²) in [6, 6.07) is 0. The van der Waals surface area contributed by atoms with Crippen LogP contribution in [0.25, 0.3) is 0 Å². The van der Waals surface area contributed by atoms with Crippen LogP contribution in [0.4, 0.5) is 0 Å². The van der Waals surface area contributed by atoms with E-state index < -0.39 is 0 Å². The van der Waals surface area contributed by atoms with Gasteiger partial charge in [0.2, 0.25) is 0 Å². The molecule has 28 valence electrons. The summed E-state index contributed by atoms with van der Waals surface area (Å²) in [4.78, 5) is 0. The van der Waals surface area contributed by atoms with E-state index in [-0.39, 0.29) is 7.27 Å². The quantitative estimate of drug-likeness (QED) is 0.415. The first-order valence-electron chi connectivity index (χ1n) is 1.49. The van der Waals surface area contributed by atoms with Crippen LogP contribution >= 0.6 is 18.5 Å². The fourth-order valence-electron chi connectivity index (χ4n) is 0.185. The van der Waals surface area contributed by atoms with Crippen LogP contribution in [0.3, 0.4) is 0 Å². The molecule has 1 rings (SSSR count). The number of allylic oxidation sites excluding steroid dienone is 1. The van der Waals surface area contributed by atoms with Crippen molar-refractivity contribution in [1.82, 2.24) is 0 Å². The number of hydrogen-bond donors (Lipinski definition) is 0. The van der Waals surface area contributed by atoms with E-state index in [0.29, 0.717) is 0 Å². The molecule has 0 nitrogen and oxygen atoms in total. The summed E-state index contributed by atoms with van der Waals surface area (Å²) in [5.41, 5.74) is 0. The van der Waals surface area contributed by atoms with Crippen molar-refractivity contribution in [1.29, 1.82) is 0 Å². The largest absolute Gasteiger partial charge is 0.0915 e. The Morgan fingerprint density at radius 2 is 2.20 bits per heavy atom. The molecule has 1 atom stereocenters. The average Bonchev–Trinajstić information content (AvgIpc) is 1.30. The van der Waals surface area contributed by atoms with Crippen LogP contribution < -0.4 is 0 Å². The summed E-state index contributed by atoms with van der Waals surface area (Å²) in [5, 5.41) is 0. The van der Waals surface area contributed by atoms with Gasteiger partial charge in [0, 0.05) is 13.4 Å². The first-order chi connectivity index (χ1) is 2.39. The topological polar surface area (TPSA) is 0 Å². The fourth-order valence-corrected chi connectivity index (χ4v) is 1.03. The highest BCUT2D eigenvalue weighted by Crippen LogP contribution is 2.48. The van der Waals surface area contributed by atoms with Gasteiger partial charge in [0.25, 0.3) is 0 Å². The van der Waals surface area contributed by atoms with Gasteiger partial charge in [0.05, 0.1) is 0 Å². The maximum absolute atomic E-state index is 5.53. The summed E-state index contributed by atoms with van der Waals surface area (Å²) in [7, 11) is -0.126. The summed E-state index contributed by atoms with van der Waals surface area (Å²) in [5.74, 6) is 2.05. The Labute approximate surface area is 37.4 Å². The van der Waals surface area contributed by atoms with E-state index in [9.17, 15) is 0 Å². The molecular weight excluding hydrogens is 102 g/mol. The minimum atomic E-state index is -0.126. The van der Waals surface area contributed by atoms with Crippen LogP contribution in [0, 0.1) is 0 Å². The molecule has 2 heteroatoms. The van der Waals surface area contributed by atoms with Crippen molar-refractivity contribution in [3.05, 3.63) is 11.9 Å². The predicted molar refractivity (Wildman–Crippen MR) is 26.8 cm³/mol. The first-order valence-corrected chi connectivity index (χ1v) is 3.99. The molecule has 0 amide bonds. The molecule has 0 aliphatic carbocycles. The van der Waals surface area contributed by atoms with Crippen molar-refractivity contribution in [2.24, 2.45) is 0 Å². The number of hydrogen-bond acceptors (Lipinski definition) is 0. The molecule has 0 N–H and O–H groups in total. The molecule has 0 saturated carbocycles. The van der Waals surface area contributed by atoms with E-state index in [1.807, 2.05) is 0 Å². The summed E-state index contributed by atoms with van der Waals surface area (Å²) < 4.78 is 0. The van der Waals surface area contributed by atoms with Crippen LogP contribution in [-0.4, -0.2) is 6.16 Å². The lowest BCUT2D eigenvalue weighted by molar-refractivity contribution is 1.72. The van der Waals surface area contributed by atoms with E-state index in [4.69, 9.17) is 11.2 Å². The lowest BCUT2D eigenvalue weighted by atomic mass is 10.7. The minimum absolute atomic E-state index is 0.126. The molecule has 1 aliphatic heterocycles. The van der Waals surface area contributed by atoms with E-state index in [0.717, 1.165) is 6.16 Å². The van der Waals surface area contributed by atoms with Gasteiger partial charge in [0.1, 0.15) is 0 Å². The highest BCUT2D eigenvalue weighted by atomic mass is 35.7. The summed E-state index contributed by atoms with van der Waals surface area (Å²) in [6.45, 7) is 0. The maximum Gasteiger partial charge on any atom is 0.0174 e. The molecule has 0 aromatic rings. The highest BCUT2D eigenvalue weighted by molar-refractivity contribution is 7.87. The van der Waals surface area contributed by atoms with E-state index in [1.54, 1.807) is 0 Å². The predicted octanol–water partition coefficient (Wildman–Crippen LogP) is 2.15. The third kappa shape index (κ3) is 0.647. The van der Waals surface area contributed by atoms with Gasteiger partial charge < -0.3 is 0 Å². The van der Waals surface area contributed by atoms with Crippen molar-refractivity contribution in [2.75, 3.05) is 6.16 Å². The molecule has 0 aromatic carbocycles. The third-order valence-corrected chi connectivity index (χ3v) is 2.39. The monoisotopic (exact) mass is 106 g/mol. The molecule has 1 aliphatic rings. The van der Waals surface area contributed by atoms with Gasteiger partial charge in [-0.2, -0.15) is 0 Å². The summed E-state index contributed by atoms with van der Waals surface area (Å²) in [6.07, 6.45) is 3.23. The Hall–Kier alpha value is 0.460. The van der Waals surface area contributed by atoms with E-state index in [2.05, 4.69) is 11.9 Å². The average molecular weight is 106 g/mol.